The van der Waals surface area contributed by atoms with E-state index in [1.54, 1.807) is 18.4 Å². The summed E-state index contributed by atoms with van der Waals surface area (Å²) in [6, 6.07) is 3.57. The quantitative estimate of drug-likeness (QED) is 0.866. The summed E-state index contributed by atoms with van der Waals surface area (Å²) < 4.78 is 10.5. The lowest BCUT2D eigenvalue weighted by Crippen LogP contribution is -2.41. The van der Waals surface area contributed by atoms with Crippen molar-refractivity contribution in [3.8, 4) is 0 Å². The Hall–Kier alpha value is -2.35. The third-order valence-electron chi connectivity index (χ3n) is 5.30. The fourth-order valence-corrected chi connectivity index (χ4v) is 3.78. The summed E-state index contributed by atoms with van der Waals surface area (Å²) in [5, 5.41) is 6.77. The molecule has 26 heavy (non-hydrogen) atoms. The number of nitrogens with one attached hydrogen (secondary N) is 1. The SMILES string of the molecule is O=C(NCc1ccco1)C1=NO[C@]2(CCN(C(=O)C3CCOCC3)C2)C1. The number of hydrogen-bond acceptors (Lipinski definition) is 6. The first kappa shape index (κ1) is 17.1. The van der Waals surface area contributed by atoms with Gasteiger partial charge in [-0.1, -0.05) is 5.16 Å². The van der Waals surface area contributed by atoms with Crippen molar-refractivity contribution in [1.29, 1.82) is 0 Å². The van der Waals surface area contributed by atoms with Gasteiger partial charge in [-0.2, -0.15) is 0 Å². The molecule has 140 valence electrons. The van der Waals surface area contributed by atoms with Gasteiger partial charge < -0.3 is 24.2 Å². The third kappa shape index (κ3) is 3.46. The van der Waals surface area contributed by atoms with E-state index >= 15 is 0 Å². The number of oxime groups is 1. The highest BCUT2D eigenvalue weighted by atomic mass is 16.7. The van der Waals surface area contributed by atoms with Crippen LogP contribution in [0.4, 0.5) is 0 Å². The maximum Gasteiger partial charge on any atom is 0.269 e. The fraction of sp³-hybridized carbons (Fsp3) is 0.611. The van der Waals surface area contributed by atoms with Crippen LogP contribution < -0.4 is 5.32 Å². The lowest BCUT2D eigenvalue weighted by molar-refractivity contribution is -0.138. The van der Waals surface area contributed by atoms with Gasteiger partial charge in [0.25, 0.3) is 5.91 Å². The molecule has 0 radical (unpaired) electrons. The van der Waals surface area contributed by atoms with E-state index in [0.29, 0.717) is 57.2 Å². The van der Waals surface area contributed by atoms with Crippen LogP contribution in [-0.4, -0.2) is 54.3 Å². The highest BCUT2D eigenvalue weighted by Crippen LogP contribution is 2.35. The Kier molecular flexibility index (Phi) is 4.67. The van der Waals surface area contributed by atoms with E-state index in [9.17, 15) is 9.59 Å². The minimum absolute atomic E-state index is 0.0392. The molecule has 2 fully saturated rings. The summed E-state index contributed by atoms with van der Waals surface area (Å²) in [4.78, 5) is 32.4. The lowest BCUT2D eigenvalue weighted by atomic mass is 9.96. The van der Waals surface area contributed by atoms with Gasteiger partial charge in [0.1, 0.15) is 11.5 Å². The van der Waals surface area contributed by atoms with Crippen LogP contribution in [0.1, 0.15) is 31.4 Å². The zero-order valence-corrected chi connectivity index (χ0v) is 14.6. The van der Waals surface area contributed by atoms with Crippen molar-refractivity contribution >= 4 is 17.5 Å². The van der Waals surface area contributed by atoms with E-state index < -0.39 is 5.60 Å². The smallest absolute Gasteiger partial charge is 0.269 e. The van der Waals surface area contributed by atoms with Gasteiger partial charge in [0.15, 0.2) is 5.60 Å². The maximum absolute atomic E-state index is 12.7. The highest BCUT2D eigenvalue weighted by molar-refractivity contribution is 6.39. The molecule has 1 N–H and O–H groups in total. The van der Waals surface area contributed by atoms with Gasteiger partial charge in [-0.25, -0.2) is 0 Å². The number of rotatable bonds is 4. The molecule has 8 heteroatoms. The molecule has 0 aromatic carbocycles. The van der Waals surface area contributed by atoms with Gasteiger partial charge in [-0.05, 0) is 25.0 Å². The normalized spacial score (nSPS) is 26.0. The molecule has 2 amide bonds. The van der Waals surface area contributed by atoms with E-state index in [-0.39, 0.29) is 17.7 Å². The van der Waals surface area contributed by atoms with Gasteiger partial charge in [0, 0.05) is 38.5 Å². The van der Waals surface area contributed by atoms with Crippen LogP contribution >= 0.6 is 0 Å². The lowest BCUT2D eigenvalue weighted by Gasteiger charge is -2.27. The first-order valence-electron chi connectivity index (χ1n) is 9.07. The number of ether oxygens (including phenoxy) is 1. The zero-order valence-electron chi connectivity index (χ0n) is 14.6. The molecule has 0 aliphatic carbocycles. The van der Waals surface area contributed by atoms with Crippen molar-refractivity contribution in [1.82, 2.24) is 10.2 Å². The molecule has 3 aliphatic heterocycles. The summed E-state index contributed by atoms with van der Waals surface area (Å²) >= 11 is 0. The number of carbonyl (C=O) groups is 2. The standard InChI is InChI=1S/C18H23N3O5/c22-16(19-11-14-2-1-7-25-14)15-10-18(26-20-15)5-6-21(12-18)17(23)13-3-8-24-9-4-13/h1-2,7,13H,3-6,8-12H2,(H,19,22)/t18-/m1/s1. The molecule has 1 atom stereocenters. The molecule has 0 saturated carbocycles. The van der Waals surface area contributed by atoms with Crippen LogP contribution in [0.5, 0.6) is 0 Å². The van der Waals surface area contributed by atoms with Crippen molar-refractivity contribution < 1.29 is 23.6 Å². The highest BCUT2D eigenvalue weighted by Gasteiger charge is 2.48. The second kappa shape index (κ2) is 7.11. The summed E-state index contributed by atoms with van der Waals surface area (Å²) in [6.07, 6.45) is 4.24. The Morgan fingerprint density at radius 1 is 1.35 bits per heavy atom. The first-order valence-corrected chi connectivity index (χ1v) is 9.07. The molecule has 4 rings (SSSR count). The van der Waals surface area contributed by atoms with E-state index in [2.05, 4.69) is 10.5 Å². The Labute approximate surface area is 151 Å². The average molecular weight is 361 g/mol. The Morgan fingerprint density at radius 2 is 2.19 bits per heavy atom. The number of furan rings is 1. The van der Waals surface area contributed by atoms with Gasteiger partial charge in [-0.15, -0.1) is 0 Å². The van der Waals surface area contributed by atoms with Crippen LogP contribution in [0.15, 0.2) is 28.0 Å². The minimum atomic E-state index is -0.557. The van der Waals surface area contributed by atoms with Crippen LogP contribution in [0.2, 0.25) is 0 Å². The minimum Gasteiger partial charge on any atom is -0.467 e. The van der Waals surface area contributed by atoms with Gasteiger partial charge in [-0.3, -0.25) is 9.59 Å². The summed E-state index contributed by atoms with van der Waals surface area (Å²) in [7, 11) is 0. The predicted molar refractivity (Wildman–Crippen MR) is 91.2 cm³/mol. The molecule has 3 aliphatic rings. The number of amides is 2. The van der Waals surface area contributed by atoms with E-state index in [0.717, 1.165) is 12.8 Å². The number of likely N-dealkylation sites (tertiary alicyclic amines) is 1. The molecule has 1 aromatic heterocycles. The number of hydrogen-bond donors (Lipinski definition) is 1. The van der Waals surface area contributed by atoms with Gasteiger partial charge in [0.05, 0.1) is 19.4 Å². The third-order valence-corrected chi connectivity index (χ3v) is 5.30. The van der Waals surface area contributed by atoms with Crippen molar-refractivity contribution in [3.05, 3.63) is 24.2 Å². The van der Waals surface area contributed by atoms with E-state index in [1.807, 2.05) is 4.90 Å². The van der Waals surface area contributed by atoms with Gasteiger partial charge >= 0.3 is 0 Å². The topological polar surface area (TPSA) is 93.4 Å². The van der Waals surface area contributed by atoms with Crippen LogP contribution in [0.3, 0.4) is 0 Å². The van der Waals surface area contributed by atoms with Crippen molar-refractivity contribution in [2.45, 2.75) is 37.8 Å². The molecule has 0 bridgehead atoms. The summed E-state index contributed by atoms with van der Waals surface area (Å²) in [5.41, 5.74) is -0.185. The first-order chi connectivity index (χ1) is 12.7. The molecule has 1 spiro atoms. The fourth-order valence-electron chi connectivity index (χ4n) is 3.78. The second-order valence-electron chi connectivity index (χ2n) is 7.15. The molecule has 1 aromatic rings. The molecule has 8 nitrogen and oxygen atoms in total. The van der Waals surface area contributed by atoms with E-state index in [4.69, 9.17) is 14.0 Å². The van der Waals surface area contributed by atoms with Gasteiger partial charge in [0.2, 0.25) is 5.91 Å². The predicted octanol–water partition coefficient (Wildman–Crippen LogP) is 1.07. The van der Waals surface area contributed by atoms with Crippen LogP contribution in [0.25, 0.3) is 0 Å². The van der Waals surface area contributed by atoms with Crippen molar-refractivity contribution in [2.24, 2.45) is 11.1 Å². The molecule has 2 saturated heterocycles. The average Bonchev–Trinajstić information content (AvgIpc) is 3.42. The molecular weight excluding hydrogens is 338 g/mol. The molecular formula is C18H23N3O5. The maximum atomic E-state index is 12.7. The van der Waals surface area contributed by atoms with Crippen LogP contribution in [0, 0.1) is 5.92 Å². The largest absolute Gasteiger partial charge is 0.467 e. The zero-order chi connectivity index (χ0) is 18.0. The summed E-state index contributed by atoms with van der Waals surface area (Å²) in [5.74, 6) is 0.635. The van der Waals surface area contributed by atoms with Crippen LogP contribution in [-0.2, 0) is 25.7 Å². The number of nitrogens with zero attached hydrogens (tertiary/aromatic N) is 2. The molecule has 0 unspecified atom stereocenters. The second-order valence-corrected chi connectivity index (χ2v) is 7.15. The van der Waals surface area contributed by atoms with E-state index in [1.165, 1.54) is 0 Å². The Balaban J connectivity index is 1.29. The van der Waals surface area contributed by atoms with Crippen molar-refractivity contribution in [2.75, 3.05) is 26.3 Å². The van der Waals surface area contributed by atoms with Crippen molar-refractivity contribution in [3.63, 3.8) is 0 Å². The Bertz CT molecular complexity index is 696. The Morgan fingerprint density at radius 3 is 2.96 bits per heavy atom. The monoisotopic (exact) mass is 361 g/mol. The summed E-state index contributed by atoms with van der Waals surface area (Å²) in [6.45, 7) is 2.74. The number of carbonyl (C=O) groups excluding carboxylic acids is 2. The molecule has 4 heterocycles.